The molecule has 1 saturated carbocycles. The highest BCUT2D eigenvalue weighted by Gasteiger charge is 2.36. The van der Waals surface area contributed by atoms with Gasteiger partial charge in [0, 0.05) is 48.3 Å². The van der Waals surface area contributed by atoms with Gasteiger partial charge in [-0.15, -0.1) is 13.2 Å². The second-order valence-corrected chi connectivity index (χ2v) is 10.5. The maximum atomic E-state index is 13.3. The van der Waals surface area contributed by atoms with E-state index < -0.39 is 18.2 Å². The van der Waals surface area contributed by atoms with Crippen LogP contribution in [0.15, 0.2) is 42.6 Å². The van der Waals surface area contributed by atoms with Crippen LogP contribution in [0.3, 0.4) is 0 Å². The van der Waals surface area contributed by atoms with Crippen molar-refractivity contribution in [3.63, 3.8) is 0 Å². The van der Waals surface area contributed by atoms with Crippen LogP contribution in [0.2, 0.25) is 0 Å². The number of fused-ring (bicyclic) bond motifs is 1. The van der Waals surface area contributed by atoms with Gasteiger partial charge in [-0.1, -0.05) is 12.1 Å². The number of nitriles is 1. The zero-order chi connectivity index (χ0) is 28.0. The van der Waals surface area contributed by atoms with Gasteiger partial charge in [-0.05, 0) is 49.9 Å². The SMILES string of the molecule is Cn1c(-c2ccc(C#N)cc2OC(F)(F)F)nc(-c2cccc3nn(CC(O)C4CCCOC4)cc23)c1C1CC1. The molecule has 2 atom stereocenters. The van der Waals surface area contributed by atoms with Gasteiger partial charge in [0.05, 0.1) is 47.7 Å². The number of rotatable bonds is 7. The van der Waals surface area contributed by atoms with Crippen LogP contribution in [0.25, 0.3) is 33.5 Å². The molecule has 2 aromatic carbocycles. The van der Waals surface area contributed by atoms with Crippen molar-refractivity contribution in [1.29, 1.82) is 5.26 Å². The monoisotopic (exact) mass is 551 g/mol. The molecule has 1 aliphatic carbocycles. The predicted molar refractivity (Wildman–Crippen MR) is 140 cm³/mol. The number of benzene rings is 2. The Kier molecular flexibility index (Phi) is 6.76. The normalized spacial score (nSPS) is 18.6. The Hall–Kier alpha value is -3.88. The second-order valence-electron chi connectivity index (χ2n) is 10.5. The summed E-state index contributed by atoms with van der Waals surface area (Å²) >= 11 is 0. The minimum absolute atomic E-state index is 0.0546. The first kappa shape index (κ1) is 26.3. The van der Waals surface area contributed by atoms with Crippen molar-refractivity contribution < 1.29 is 27.8 Å². The van der Waals surface area contributed by atoms with E-state index in [1.165, 1.54) is 12.1 Å². The van der Waals surface area contributed by atoms with E-state index in [9.17, 15) is 23.5 Å². The molecule has 0 spiro atoms. The summed E-state index contributed by atoms with van der Waals surface area (Å²) in [5.74, 6) is 0.129. The number of halogens is 3. The average molecular weight is 552 g/mol. The molecule has 4 aromatic rings. The third-order valence-corrected chi connectivity index (χ3v) is 7.65. The Morgan fingerprint density at radius 1 is 1.20 bits per heavy atom. The molecule has 0 radical (unpaired) electrons. The van der Waals surface area contributed by atoms with Crippen molar-refractivity contribution in [3.8, 4) is 34.5 Å². The highest BCUT2D eigenvalue weighted by molar-refractivity contribution is 5.94. The van der Waals surface area contributed by atoms with E-state index in [-0.39, 0.29) is 23.0 Å². The van der Waals surface area contributed by atoms with E-state index in [4.69, 9.17) is 14.8 Å². The maximum Gasteiger partial charge on any atom is 0.573 e. The lowest BCUT2D eigenvalue weighted by Crippen LogP contribution is -2.32. The van der Waals surface area contributed by atoms with Gasteiger partial charge in [-0.25, -0.2) is 4.98 Å². The molecule has 8 nitrogen and oxygen atoms in total. The van der Waals surface area contributed by atoms with Crippen LogP contribution in [0.4, 0.5) is 13.2 Å². The van der Waals surface area contributed by atoms with E-state index in [1.807, 2.05) is 35.0 Å². The molecular formula is C29H28F3N5O3. The van der Waals surface area contributed by atoms with Crippen molar-refractivity contribution >= 4 is 10.9 Å². The number of nitrogens with zero attached hydrogens (tertiary/aromatic N) is 5. The number of ether oxygens (including phenoxy) is 2. The first-order chi connectivity index (χ1) is 19.2. The molecule has 0 amide bonds. The zero-order valence-corrected chi connectivity index (χ0v) is 21.9. The van der Waals surface area contributed by atoms with Gasteiger partial charge in [0.15, 0.2) is 0 Å². The standard InChI is InChI=1S/C29H28F3N5O3/c1-36-27(18-8-9-18)26(34-28(36)21-10-7-17(13-33)12-25(21)40-29(30,31)32)20-5-2-6-23-22(20)14-37(35-23)15-24(38)19-4-3-11-39-16-19/h2,5-7,10,12,14,18-19,24,38H,3-4,8-9,11,15-16H2,1H3. The molecule has 1 N–H and O–H groups in total. The summed E-state index contributed by atoms with van der Waals surface area (Å²) in [6.45, 7) is 1.58. The number of hydrogen-bond acceptors (Lipinski definition) is 6. The number of aromatic nitrogens is 4. The summed E-state index contributed by atoms with van der Waals surface area (Å²) in [5, 5.41) is 25.6. The molecule has 2 unspecified atom stereocenters. The van der Waals surface area contributed by atoms with E-state index in [0.29, 0.717) is 24.7 Å². The van der Waals surface area contributed by atoms with Crippen molar-refractivity contribution in [2.75, 3.05) is 13.2 Å². The van der Waals surface area contributed by atoms with Gasteiger partial charge in [0.1, 0.15) is 11.6 Å². The van der Waals surface area contributed by atoms with Crippen LogP contribution < -0.4 is 4.74 Å². The third kappa shape index (κ3) is 5.17. The number of hydrogen-bond donors (Lipinski definition) is 1. The lowest BCUT2D eigenvalue weighted by Gasteiger charge is -2.26. The molecule has 3 heterocycles. The Morgan fingerprint density at radius 2 is 2.02 bits per heavy atom. The highest BCUT2D eigenvalue weighted by atomic mass is 19.4. The quantitative estimate of drug-likeness (QED) is 0.324. The fourth-order valence-corrected chi connectivity index (χ4v) is 5.56. The van der Waals surface area contributed by atoms with Gasteiger partial charge in [-0.3, -0.25) is 4.68 Å². The van der Waals surface area contributed by atoms with Crippen molar-refractivity contribution in [2.45, 2.75) is 50.6 Å². The molecule has 1 saturated heterocycles. The van der Waals surface area contributed by atoms with Gasteiger partial charge in [-0.2, -0.15) is 10.4 Å². The number of alkyl halides is 3. The van der Waals surface area contributed by atoms with Crippen LogP contribution in [-0.4, -0.2) is 50.1 Å². The van der Waals surface area contributed by atoms with Gasteiger partial charge in [0.25, 0.3) is 0 Å². The molecule has 2 aromatic heterocycles. The molecule has 2 aliphatic rings. The van der Waals surface area contributed by atoms with Gasteiger partial charge >= 0.3 is 6.36 Å². The predicted octanol–water partition coefficient (Wildman–Crippen LogP) is 5.54. The molecule has 0 bridgehead atoms. The van der Waals surface area contributed by atoms with E-state index >= 15 is 0 Å². The lowest BCUT2D eigenvalue weighted by molar-refractivity contribution is -0.274. The molecule has 11 heteroatoms. The Bertz CT molecular complexity index is 1590. The fourth-order valence-electron chi connectivity index (χ4n) is 5.56. The topological polar surface area (TPSA) is 98.1 Å². The summed E-state index contributed by atoms with van der Waals surface area (Å²) < 4.78 is 53.3. The summed E-state index contributed by atoms with van der Waals surface area (Å²) in [7, 11) is 1.79. The molecular weight excluding hydrogens is 523 g/mol. The van der Waals surface area contributed by atoms with E-state index in [2.05, 4.69) is 4.74 Å². The summed E-state index contributed by atoms with van der Waals surface area (Å²) in [5.41, 5.74) is 3.35. The van der Waals surface area contributed by atoms with Crippen LogP contribution in [0, 0.1) is 17.2 Å². The van der Waals surface area contributed by atoms with Gasteiger partial charge in [0.2, 0.25) is 0 Å². The summed E-state index contributed by atoms with van der Waals surface area (Å²) in [6.07, 6.45) is 0.113. The fraction of sp³-hybridized carbons (Fsp3) is 0.414. The number of aliphatic hydroxyl groups is 1. The van der Waals surface area contributed by atoms with E-state index in [0.717, 1.165) is 60.5 Å². The third-order valence-electron chi connectivity index (χ3n) is 7.65. The van der Waals surface area contributed by atoms with Crippen LogP contribution in [0.1, 0.15) is 42.9 Å². The molecule has 40 heavy (non-hydrogen) atoms. The minimum atomic E-state index is -4.93. The lowest BCUT2D eigenvalue weighted by atomic mass is 9.96. The average Bonchev–Trinajstić information content (AvgIpc) is 3.59. The second kappa shape index (κ2) is 10.3. The minimum Gasteiger partial charge on any atom is -0.405 e. The first-order valence-electron chi connectivity index (χ1n) is 13.3. The van der Waals surface area contributed by atoms with Crippen LogP contribution in [0.5, 0.6) is 5.75 Å². The summed E-state index contributed by atoms with van der Waals surface area (Å²) in [6, 6.07) is 11.6. The number of imidazole rings is 1. The van der Waals surface area contributed by atoms with Crippen molar-refractivity contribution in [1.82, 2.24) is 19.3 Å². The van der Waals surface area contributed by atoms with Gasteiger partial charge < -0.3 is 19.1 Å². The molecule has 1 aliphatic heterocycles. The summed E-state index contributed by atoms with van der Waals surface area (Å²) in [4.78, 5) is 4.88. The molecule has 208 valence electrons. The zero-order valence-electron chi connectivity index (χ0n) is 21.9. The first-order valence-corrected chi connectivity index (χ1v) is 13.3. The number of aliphatic hydroxyl groups excluding tert-OH is 1. The Labute approximate surface area is 228 Å². The highest BCUT2D eigenvalue weighted by Crippen LogP contribution is 2.47. The van der Waals surface area contributed by atoms with Crippen LogP contribution in [-0.2, 0) is 18.3 Å². The largest absolute Gasteiger partial charge is 0.573 e. The van der Waals surface area contributed by atoms with Crippen molar-refractivity contribution in [2.24, 2.45) is 13.0 Å². The smallest absolute Gasteiger partial charge is 0.405 e. The maximum absolute atomic E-state index is 13.3. The van der Waals surface area contributed by atoms with Crippen molar-refractivity contribution in [3.05, 3.63) is 53.9 Å². The molecule has 2 fully saturated rings. The van der Waals surface area contributed by atoms with E-state index in [1.54, 1.807) is 11.7 Å². The Balaban J connectivity index is 1.42. The molecule has 6 rings (SSSR count). The van der Waals surface area contributed by atoms with Crippen LogP contribution >= 0.6 is 0 Å². The Morgan fingerprint density at radius 3 is 2.73 bits per heavy atom.